The van der Waals surface area contributed by atoms with Crippen molar-refractivity contribution in [1.82, 2.24) is 19.9 Å². The van der Waals surface area contributed by atoms with E-state index in [9.17, 15) is 14.7 Å². The number of thioether (sulfide) groups is 1. The van der Waals surface area contributed by atoms with E-state index < -0.39 is 0 Å². The van der Waals surface area contributed by atoms with Crippen LogP contribution in [0.15, 0.2) is 58.4 Å². The predicted octanol–water partition coefficient (Wildman–Crippen LogP) is 4.33. The average molecular weight is 514 g/mol. The van der Waals surface area contributed by atoms with Crippen LogP contribution in [0.4, 0.5) is 16.4 Å². The highest BCUT2D eigenvalue weighted by Gasteiger charge is 2.32. The van der Waals surface area contributed by atoms with Crippen LogP contribution >= 0.6 is 27.7 Å². The number of phenolic OH excluding ortho intramolecular Hbond substituents is 1. The first-order chi connectivity index (χ1) is 15.4. The van der Waals surface area contributed by atoms with Crippen molar-refractivity contribution in [2.24, 2.45) is 0 Å². The minimum absolute atomic E-state index is 0.0756. The number of hydrogen-bond acceptors (Lipinski definition) is 9. The summed E-state index contributed by atoms with van der Waals surface area (Å²) in [4.78, 5) is 37.7. The lowest BCUT2D eigenvalue weighted by atomic mass is 10.2. The summed E-state index contributed by atoms with van der Waals surface area (Å²) in [7, 11) is 1.43. The van der Waals surface area contributed by atoms with Crippen LogP contribution in [0, 0.1) is 0 Å². The molecule has 0 unspecified atom stereocenters. The number of hydrogen-bond donors (Lipinski definition) is 2. The molecule has 11 heteroatoms. The number of anilines is 2. The van der Waals surface area contributed by atoms with Gasteiger partial charge in [0.1, 0.15) is 6.61 Å². The Balaban J connectivity index is 1.46. The number of ether oxygens (including phenoxy) is 1. The minimum Gasteiger partial charge on any atom is -0.504 e. The molecule has 162 valence electrons. The second-order valence-electron chi connectivity index (χ2n) is 6.65. The fraction of sp³-hybridized carbons (Fsp3) is 0.0952. The van der Waals surface area contributed by atoms with Crippen LogP contribution in [0.1, 0.15) is 11.1 Å². The summed E-state index contributed by atoms with van der Waals surface area (Å²) < 4.78 is 6.29. The van der Waals surface area contributed by atoms with Crippen molar-refractivity contribution in [3.8, 4) is 11.5 Å². The molecule has 0 aliphatic carbocycles. The van der Waals surface area contributed by atoms with Crippen molar-refractivity contribution in [2.45, 2.75) is 6.61 Å². The third kappa shape index (κ3) is 4.89. The van der Waals surface area contributed by atoms with Gasteiger partial charge in [-0.1, -0.05) is 15.9 Å². The molecule has 3 aromatic rings. The van der Waals surface area contributed by atoms with Gasteiger partial charge in [0.2, 0.25) is 5.95 Å². The lowest BCUT2D eigenvalue weighted by Gasteiger charge is -2.11. The van der Waals surface area contributed by atoms with Crippen LogP contribution < -0.4 is 10.1 Å². The van der Waals surface area contributed by atoms with Gasteiger partial charge in [-0.15, -0.1) is 0 Å². The second kappa shape index (κ2) is 9.37. The van der Waals surface area contributed by atoms with Crippen molar-refractivity contribution in [1.29, 1.82) is 0 Å². The number of carbonyl (C=O) groups is 2. The second-order valence-corrected chi connectivity index (χ2v) is 8.50. The Morgan fingerprint density at radius 2 is 2.03 bits per heavy atom. The summed E-state index contributed by atoms with van der Waals surface area (Å²) in [5, 5.41) is 12.9. The zero-order valence-corrected chi connectivity index (χ0v) is 19.1. The number of nitrogens with zero attached hydrogens (tertiary/aromatic N) is 4. The first-order valence-electron chi connectivity index (χ1n) is 9.25. The lowest BCUT2D eigenvalue weighted by Crippen LogP contribution is -2.22. The topological polar surface area (TPSA) is 118 Å². The SMILES string of the molecule is CN1C(=O)S/C(=C\c2cc(OCc3cnc(Nc4cccnc4)nc3)c(O)cc2Br)C1=O. The number of likely N-dealkylation sites (N-methyl/N-ethyl adjacent to an activating group) is 1. The largest absolute Gasteiger partial charge is 0.504 e. The standard InChI is InChI=1S/C21H16BrN5O4S/c1-27-19(29)18(32-21(27)30)6-13-5-17(16(28)7-15(13)22)31-11-12-8-24-20(25-9-12)26-14-3-2-4-23-10-14/h2-10,28H,11H2,1H3,(H,24,25,26)/b18-6-. The Bertz CT molecular complexity index is 1200. The fourth-order valence-electron chi connectivity index (χ4n) is 2.69. The molecular weight excluding hydrogens is 498 g/mol. The Labute approximate surface area is 195 Å². The van der Waals surface area contributed by atoms with E-state index in [0.717, 1.165) is 22.3 Å². The number of amides is 2. The number of aromatic nitrogens is 3. The number of rotatable bonds is 6. The first-order valence-corrected chi connectivity index (χ1v) is 10.9. The molecule has 1 aliphatic heterocycles. The van der Waals surface area contributed by atoms with E-state index in [2.05, 4.69) is 36.2 Å². The van der Waals surface area contributed by atoms with Crippen molar-refractivity contribution < 1.29 is 19.4 Å². The molecule has 0 bridgehead atoms. The smallest absolute Gasteiger partial charge is 0.293 e. The molecule has 3 heterocycles. The van der Waals surface area contributed by atoms with E-state index in [4.69, 9.17) is 4.74 Å². The zero-order chi connectivity index (χ0) is 22.7. The molecule has 1 aliphatic rings. The van der Waals surface area contributed by atoms with E-state index in [-0.39, 0.29) is 29.3 Å². The molecule has 2 aromatic heterocycles. The van der Waals surface area contributed by atoms with Gasteiger partial charge in [-0.05, 0) is 47.7 Å². The highest BCUT2D eigenvalue weighted by atomic mass is 79.9. The highest BCUT2D eigenvalue weighted by Crippen LogP contribution is 2.37. The van der Waals surface area contributed by atoms with Crippen LogP contribution in [0.2, 0.25) is 0 Å². The minimum atomic E-state index is -0.375. The summed E-state index contributed by atoms with van der Waals surface area (Å²) in [6.07, 6.45) is 8.13. The third-order valence-corrected chi connectivity index (χ3v) is 6.02. The third-order valence-electron chi connectivity index (χ3n) is 4.37. The Hall–Kier alpha value is -3.44. The summed E-state index contributed by atoms with van der Waals surface area (Å²) in [5.74, 6) is 0.182. The number of pyridine rings is 1. The molecule has 0 spiro atoms. The van der Waals surface area contributed by atoms with Gasteiger partial charge in [0.25, 0.3) is 11.1 Å². The number of phenols is 1. The molecule has 1 fully saturated rings. The molecule has 0 atom stereocenters. The molecule has 1 aromatic carbocycles. The van der Waals surface area contributed by atoms with Gasteiger partial charge in [0.15, 0.2) is 11.5 Å². The maximum Gasteiger partial charge on any atom is 0.293 e. The molecule has 4 rings (SSSR count). The van der Waals surface area contributed by atoms with E-state index in [1.165, 1.54) is 13.1 Å². The normalized spacial score (nSPS) is 14.8. The number of aromatic hydroxyl groups is 1. The van der Waals surface area contributed by atoms with E-state index in [1.807, 2.05) is 6.07 Å². The number of halogens is 1. The van der Waals surface area contributed by atoms with Crippen molar-refractivity contribution >= 4 is 56.5 Å². The number of nitrogens with one attached hydrogen (secondary N) is 1. The number of imide groups is 1. The summed E-state index contributed by atoms with van der Waals surface area (Å²) in [6.45, 7) is 0.118. The summed E-state index contributed by atoms with van der Waals surface area (Å²) >= 11 is 4.21. The maximum absolute atomic E-state index is 12.1. The van der Waals surface area contributed by atoms with E-state index in [0.29, 0.717) is 26.5 Å². The van der Waals surface area contributed by atoms with Gasteiger partial charge in [0, 0.05) is 35.7 Å². The average Bonchev–Trinajstić information content (AvgIpc) is 3.03. The van der Waals surface area contributed by atoms with Crippen molar-refractivity contribution in [3.63, 3.8) is 0 Å². The Morgan fingerprint density at radius 3 is 2.69 bits per heavy atom. The zero-order valence-electron chi connectivity index (χ0n) is 16.7. The van der Waals surface area contributed by atoms with E-state index >= 15 is 0 Å². The van der Waals surface area contributed by atoms with Gasteiger partial charge in [-0.3, -0.25) is 19.5 Å². The van der Waals surface area contributed by atoms with Crippen molar-refractivity contribution in [2.75, 3.05) is 12.4 Å². The van der Waals surface area contributed by atoms with Gasteiger partial charge in [0.05, 0.1) is 16.8 Å². The molecule has 32 heavy (non-hydrogen) atoms. The maximum atomic E-state index is 12.1. The first kappa shape index (κ1) is 21.8. The summed E-state index contributed by atoms with van der Waals surface area (Å²) in [6, 6.07) is 6.70. The van der Waals surface area contributed by atoms with Gasteiger partial charge in [-0.2, -0.15) is 0 Å². The molecule has 9 nitrogen and oxygen atoms in total. The summed E-state index contributed by atoms with van der Waals surface area (Å²) in [5.41, 5.74) is 2.05. The Kier molecular flexibility index (Phi) is 6.37. The van der Waals surface area contributed by atoms with Gasteiger partial charge in [-0.25, -0.2) is 9.97 Å². The lowest BCUT2D eigenvalue weighted by molar-refractivity contribution is -0.121. The quantitative estimate of drug-likeness (QED) is 0.464. The van der Waals surface area contributed by atoms with Crippen LogP contribution in [-0.4, -0.2) is 43.2 Å². The predicted molar refractivity (Wildman–Crippen MR) is 123 cm³/mol. The molecule has 0 saturated carbocycles. The van der Waals surface area contributed by atoms with Crippen LogP contribution in [0.25, 0.3) is 6.08 Å². The number of carbonyl (C=O) groups excluding carboxylic acids is 2. The Morgan fingerprint density at radius 1 is 1.25 bits per heavy atom. The molecule has 2 N–H and O–H groups in total. The molecular formula is C21H16BrN5O4S. The number of benzene rings is 1. The molecule has 2 amide bonds. The molecule has 0 radical (unpaired) electrons. The van der Waals surface area contributed by atoms with E-state index in [1.54, 1.807) is 43.0 Å². The highest BCUT2D eigenvalue weighted by molar-refractivity contribution is 9.10. The van der Waals surface area contributed by atoms with Gasteiger partial charge >= 0.3 is 0 Å². The van der Waals surface area contributed by atoms with Crippen LogP contribution in [-0.2, 0) is 11.4 Å². The van der Waals surface area contributed by atoms with Gasteiger partial charge < -0.3 is 15.2 Å². The van der Waals surface area contributed by atoms with Crippen LogP contribution in [0.5, 0.6) is 11.5 Å². The van der Waals surface area contributed by atoms with Crippen LogP contribution in [0.3, 0.4) is 0 Å². The monoisotopic (exact) mass is 513 g/mol. The van der Waals surface area contributed by atoms with Crippen molar-refractivity contribution in [3.05, 3.63) is 69.6 Å². The fourth-order valence-corrected chi connectivity index (χ4v) is 3.96. The molecule has 1 saturated heterocycles.